The molecule has 10 bridgehead atoms. The lowest BCUT2D eigenvalue weighted by Crippen LogP contribution is -2.60. The van der Waals surface area contributed by atoms with Crippen LogP contribution in [0.2, 0.25) is 0 Å². The van der Waals surface area contributed by atoms with Crippen molar-refractivity contribution in [3.05, 3.63) is 0 Å². The monoisotopic (exact) mass is 553 g/mol. The Balaban J connectivity index is 0.000000109. The Morgan fingerprint density at radius 2 is 0.850 bits per heavy atom. The molecule has 6 saturated heterocycles. The van der Waals surface area contributed by atoms with Gasteiger partial charge in [-0.25, -0.2) is 0 Å². The highest BCUT2D eigenvalue weighted by Crippen LogP contribution is 2.60. The minimum atomic E-state index is 0.532. The van der Waals surface area contributed by atoms with Gasteiger partial charge in [-0.2, -0.15) is 0 Å². The number of nitrogens with zero attached hydrogens (tertiary/aromatic N) is 2. The second kappa shape index (κ2) is 10.8. The average molecular weight is 553 g/mol. The first-order chi connectivity index (χ1) is 18.6. The summed E-state index contributed by atoms with van der Waals surface area (Å²) in [6, 6.07) is 0. The van der Waals surface area contributed by atoms with E-state index in [2.05, 4.69) is 72.1 Å². The van der Waals surface area contributed by atoms with Gasteiger partial charge in [0.25, 0.3) is 0 Å². The van der Waals surface area contributed by atoms with E-state index in [1.807, 2.05) is 0 Å². The Hall–Kier alpha value is -0.0800. The molecule has 5 saturated carbocycles. The van der Waals surface area contributed by atoms with E-state index in [9.17, 15) is 0 Å². The van der Waals surface area contributed by atoms with Crippen LogP contribution >= 0.6 is 0 Å². The Kier molecular flexibility index (Phi) is 8.11. The topological polar surface area (TPSA) is 6.48 Å². The van der Waals surface area contributed by atoms with Crippen LogP contribution in [-0.2, 0) is 0 Å². The van der Waals surface area contributed by atoms with Gasteiger partial charge in [-0.3, -0.25) is 0 Å². The number of piperidine rings is 6. The van der Waals surface area contributed by atoms with Crippen LogP contribution in [0.3, 0.4) is 0 Å². The van der Waals surface area contributed by atoms with Gasteiger partial charge in [0.05, 0.1) is 0 Å². The largest absolute Gasteiger partial charge is 0.303 e. The van der Waals surface area contributed by atoms with Crippen molar-refractivity contribution in [3.8, 4) is 0 Å². The molecule has 2 nitrogen and oxygen atoms in total. The molecular formula is C38H68N2. The van der Waals surface area contributed by atoms with Crippen LogP contribution in [0.1, 0.15) is 120 Å². The van der Waals surface area contributed by atoms with Gasteiger partial charge < -0.3 is 9.80 Å². The first-order valence-corrected chi connectivity index (χ1v) is 18.1. The maximum absolute atomic E-state index is 2.73. The van der Waals surface area contributed by atoms with Crippen molar-refractivity contribution in [2.75, 3.05) is 39.3 Å². The van der Waals surface area contributed by atoms with Crippen LogP contribution in [0.5, 0.6) is 0 Å². The van der Waals surface area contributed by atoms with Crippen molar-refractivity contribution in [2.45, 2.75) is 120 Å². The third-order valence-electron chi connectivity index (χ3n) is 13.8. The van der Waals surface area contributed by atoms with Gasteiger partial charge in [-0.1, -0.05) is 62.3 Å². The first kappa shape index (κ1) is 30.0. The average Bonchev–Trinajstić information content (AvgIpc) is 2.82. The molecule has 0 aromatic rings. The zero-order valence-corrected chi connectivity index (χ0v) is 28.4. The van der Waals surface area contributed by atoms with E-state index in [-0.39, 0.29) is 0 Å². The molecule has 3 atom stereocenters. The standard InChI is InChI=1S/C14H24.C13H23N.C11H21N/c1-14(2,3)13-11-5-9-4-10(7-11)8-12(13)6-9;1-13(2,3)12-10-4-9-5-11(12)8-14(6-9)7-10;1-11(2,3)10-8-12-6-4-9(10)5-7-12/h9-13H,4-8H2,1-3H3;9-12H,4-8H2,1-3H3;9-10H,4-8H2,1-3H3. The normalized spacial score (nSPS) is 48.4. The fourth-order valence-electron chi connectivity index (χ4n) is 13.1. The Morgan fingerprint density at radius 3 is 1.20 bits per heavy atom. The molecule has 2 heteroatoms. The number of hydrogen-bond donors (Lipinski definition) is 0. The Bertz CT molecular complexity index is 751. The van der Waals surface area contributed by atoms with Crippen molar-refractivity contribution in [1.82, 2.24) is 9.80 Å². The van der Waals surface area contributed by atoms with Crippen LogP contribution in [0.15, 0.2) is 0 Å². The summed E-state index contributed by atoms with van der Waals surface area (Å²) < 4.78 is 0. The van der Waals surface area contributed by atoms with Crippen molar-refractivity contribution >= 4 is 0 Å². The molecule has 0 spiro atoms. The van der Waals surface area contributed by atoms with E-state index in [1.54, 1.807) is 32.1 Å². The maximum atomic E-state index is 2.73. The molecule has 0 aromatic heterocycles. The first-order valence-electron chi connectivity index (χ1n) is 18.1. The molecule has 40 heavy (non-hydrogen) atoms. The molecule has 0 N–H and O–H groups in total. The van der Waals surface area contributed by atoms with Crippen LogP contribution in [-0.4, -0.2) is 49.1 Å². The van der Waals surface area contributed by atoms with E-state index in [1.165, 1.54) is 65.0 Å². The van der Waals surface area contributed by atoms with E-state index in [0.29, 0.717) is 16.2 Å². The Morgan fingerprint density at radius 1 is 0.400 bits per heavy atom. The summed E-state index contributed by atoms with van der Waals surface area (Å²) in [6.45, 7) is 30.3. The van der Waals surface area contributed by atoms with Crippen LogP contribution in [0.25, 0.3) is 0 Å². The molecular weight excluding hydrogens is 484 g/mol. The number of fused-ring (bicyclic) bond motifs is 3. The minimum Gasteiger partial charge on any atom is -0.303 e. The van der Waals surface area contributed by atoms with Gasteiger partial charge in [0, 0.05) is 26.2 Å². The molecule has 0 aromatic carbocycles. The molecule has 3 unspecified atom stereocenters. The van der Waals surface area contributed by atoms with Crippen molar-refractivity contribution in [1.29, 1.82) is 0 Å². The summed E-state index contributed by atoms with van der Waals surface area (Å²) in [4.78, 5) is 5.38. The van der Waals surface area contributed by atoms with Gasteiger partial charge in [-0.15, -0.1) is 0 Å². The van der Waals surface area contributed by atoms with Gasteiger partial charge in [0.2, 0.25) is 0 Å². The van der Waals surface area contributed by atoms with Crippen molar-refractivity contribution < 1.29 is 0 Å². The summed E-state index contributed by atoms with van der Waals surface area (Å²) in [7, 11) is 0. The van der Waals surface area contributed by atoms with E-state index < -0.39 is 0 Å². The molecule has 11 rings (SSSR count). The molecule has 0 amide bonds. The lowest BCUT2D eigenvalue weighted by molar-refractivity contribution is -0.101. The predicted octanol–water partition coefficient (Wildman–Crippen LogP) is 9.10. The number of rotatable bonds is 0. The highest BCUT2D eigenvalue weighted by molar-refractivity contribution is 5.02. The molecule has 11 fully saturated rings. The smallest absolute Gasteiger partial charge is 0.00173 e. The zero-order chi connectivity index (χ0) is 28.6. The SMILES string of the molecule is CC(C)(C)C1C2CC3CC(C2)CC1C3.CC(C)(C)C1C2CC3CC1CN(C3)C2.CC(C)(C)C1CN2CCC1CC2. The minimum absolute atomic E-state index is 0.532. The lowest BCUT2D eigenvalue weighted by atomic mass is 9.47. The second-order valence-corrected chi connectivity index (χ2v) is 19.9. The summed E-state index contributed by atoms with van der Waals surface area (Å²) in [5.41, 5.74) is 1.65. The summed E-state index contributed by atoms with van der Waals surface area (Å²) in [5.74, 6) is 11.7. The summed E-state index contributed by atoms with van der Waals surface area (Å²) in [6.07, 6.45) is 13.9. The van der Waals surface area contributed by atoms with Crippen LogP contribution < -0.4 is 0 Å². The van der Waals surface area contributed by atoms with E-state index in [0.717, 1.165) is 65.1 Å². The molecule has 6 heterocycles. The quantitative estimate of drug-likeness (QED) is 0.296. The third kappa shape index (κ3) is 6.12. The van der Waals surface area contributed by atoms with Crippen LogP contribution in [0.4, 0.5) is 0 Å². The third-order valence-corrected chi connectivity index (χ3v) is 13.8. The molecule has 0 radical (unpaired) electrons. The van der Waals surface area contributed by atoms with Crippen molar-refractivity contribution in [3.63, 3.8) is 0 Å². The fourth-order valence-corrected chi connectivity index (χ4v) is 13.1. The molecule has 6 aliphatic heterocycles. The molecule has 5 aliphatic carbocycles. The van der Waals surface area contributed by atoms with Gasteiger partial charge in [0.1, 0.15) is 0 Å². The molecule has 230 valence electrons. The Labute approximate surface area is 250 Å². The fraction of sp³-hybridized carbons (Fsp3) is 1.00. The van der Waals surface area contributed by atoms with E-state index >= 15 is 0 Å². The maximum Gasteiger partial charge on any atom is 0.00173 e. The zero-order valence-electron chi connectivity index (χ0n) is 28.4. The summed E-state index contributed by atoms with van der Waals surface area (Å²) >= 11 is 0. The van der Waals surface area contributed by atoms with Gasteiger partial charge in [-0.05, 0) is 152 Å². The molecule has 11 aliphatic rings. The lowest BCUT2D eigenvalue weighted by Gasteiger charge is -2.59. The summed E-state index contributed by atoms with van der Waals surface area (Å²) in [5, 5.41) is 0. The second-order valence-electron chi connectivity index (χ2n) is 19.9. The highest BCUT2D eigenvalue weighted by atomic mass is 15.2. The van der Waals surface area contributed by atoms with E-state index in [4.69, 9.17) is 0 Å². The highest BCUT2D eigenvalue weighted by Gasteiger charge is 2.52. The predicted molar refractivity (Wildman–Crippen MR) is 171 cm³/mol. The van der Waals surface area contributed by atoms with Gasteiger partial charge >= 0.3 is 0 Å². The van der Waals surface area contributed by atoms with Crippen molar-refractivity contribution in [2.24, 2.45) is 81.3 Å². The number of hydrogen-bond acceptors (Lipinski definition) is 2. The van der Waals surface area contributed by atoms with Gasteiger partial charge in [0.15, 0.2) is 0 Å². The van der Waals surface area contributed by atoms with Crippen LogP contribution in [0, 0.1) is 81.3 Å².